The van der Waals surface area contributed by atoms with Gasteiger partial charge in [0.2, 0.25) is 5.91 Å². The van der Waals surface area contributed by atoms with Crippen LogP contribution in [0.25, 0.3) is 10.8 Å². The number of carbonyl (C=O) groups excluding carboxylic acids is 1. The van der Waals surface area contributed by atoms with Gasteiger partial charge in [-0.1, -0.05) is 46.3 Å². The Morgan fingerprint density at radius 1 is 1.15 bits per heavy atom. The van der Waals surface area contributed by atoms with E-state index in [4.69, 9.17) is 4.74 Å². The Morgan fingerprint density at radius 2 is 1.89 bits per heavy atom. The highest BCUT2D eigenvalue weighted by molar-refractivity contribution is 9.11. The highest BCUT2D eigenvalue weighted by Crippen LogP contribution is 2.34. The number of methoxy groups -OCH3 is 1. The molecule has 0 aliphatic rings. The number of phenols is 1. The fourth-order valence-electron chi connectivity index (χ4n) is 2.69. The van der Waals surface area contributed by atoms with Gasteiger partial charge in [-0.05, 0) is 56.0 Å². The molecule has 3 aromatic rings. The Kier molecular flexibility index (Phi) is 6.13. The molecule has 0 saturated heterocycles. The van der Waals surface area contributed by atoms with E-state index in [-0.39, 0.29) is 18.1 Å². The van der Waals surface area contributed by atoms with Crippen molar-refractivity contribution in [1.82, 2.24) is 5.43 Å². The minimum absolute atomic E-state index is 0.0146. The van der Waals surface area contributed by atoms with Crippen molar-refractivity contribution >= 4 is 54.8 Å². The molecule has 138 valence electrons. The van der Waals surface area contributed by atoms with E-state index in [2.05, 4.69) is 42.4 Å². The summed E-state index contributed by atoms with van der Waals surface area (Å²) in [6.45, 7) is 0. The molecule has 0 aliphatic heterocycles. The molecule has 0 heterocycles. The molecule has 0 unspecified atom stereocenters. The van der Waals surface area contributed by atoms with Crippen molar-refractivity contribution in [2.45, 2.75) is 6.42 Å². The van der Waals surface area contributed by atoms with E-state index in [0.717, 1.165) is 20.8 Å². The molecule has 0 atom stereocenters. The van der Waals surface area contributed by atoms with Crippen LogP contribution >= 0.6 is 31.9 Å². The number of halogens is 2. The van der Waals surface area contributed by atoms with Gasteiger partial charge in [-0.15, -0.1) is 0 Å². The molecule has 7 heteroatoms. The summed E-state index contributed by atoms with van der Waals surface area (Å²) in [7, 11) is 1.47. The third kappa shape index (κ3) is 4.48. The predicted molar refractivity (Wildman–Crippen MR) is 113 cm³/mol. The second-order valence-corrected chi connectivity index (χ2v) is 7.48. The fraction of sp³-hybridized carbons (Fsp3) is 0.100. The van der Waals surface area contributed by atoms with Gasteiger partial charge in [0.25, 0.3) is 0 Å². The quantitative estimate of drug-likeness (QED) is 0.399. The first-order valence-corrected chi connectivity index (χ1v) is 9.62. The Bertz CT molecular complexity index is 1040. The molecule has 2 N–H and O–H groups in total. The van der Waals surface area contributed by atoms with Gasteiger partial charge in [0.1, 0.15) is 0 Å². The summed E-state index contributed by atoms with van der Waals surface area (Å²) in [6, 6.07) is 15.1. The van der Waals surface area contributed by atoms with Crippen molar-refractivity contribution in [1.29, 1.82) is 0 Å². The number of aromatic hydroxyl groups is 1. The lowest BCUT2D eigenvalue weighted by atomic mass is 10.0. The lowest BCUT2D eigenvalue weighted by molar-refractivity contribution is -0.120. The van der Waals surface area contributed by atoms with Crippen LogP contribution in [0.15, 0.2) is 62.6 Å². The van der Waals surface area contributed by atoms with Crippen LogP contribution in [0.3, 0.4) is 0 Å². The zero-order valence-electron chi connectivity index (χ0n) is 14.4. The standard InChI is InChI=1S/C20H16Br2N2O3/c1-27-18-9-12(8-17(22)20(18)26)11-23-24-19(25)10-13-6-7-16(21)15-5-3-2-4-14(13)15/h2-9,11,26H,10H2,1H3,(H,24,25)/b23-11+. The van der Waals surface area contributed by atoms with Crippen LogP contribution in [-0.2, 0) is 11.2 Å². The number of hydrogen-bond donors (Lipinski definition) is 2. The summed E-state index contributed by atoms with van der Waals surface area (Å²) in [5.74, 6) is 0.114. The third-order valence-electron chi connectivity index (χ3n) is 3.99. The number of benzene rings is 3. The first-order valence-electron chi connectivity index (χ1n) is 8.04. The molecule has 0 spiro atoms. The molecule has 5 nitrogen and oxygen atoms in total. The second kappa shape index (κ2) is 8.54. The van der Waals surface area contributed by atoms with Crippen LogP contribution in [0.1, 0.15) is 11.1 Å². The monoisotopic (exact) mass is 490 g/mol. The maximum absolute atomic E-state index is 12.3. The molecule has 3 aromatic carbocycles. The number of ether oxygens (including phenoxy) is 1. The second-order valence-electron chi connectivity index (χ2n) is 5.78. The Labute approximate surface area is 173 Å². The minimum Gasteiger partial charge on any atom is -0.503 e. The van der Waals surface area contributed by atoms with E-state index in [1.54, 1.807) is 12.1 Å². The van der Waals surface area contributed by atoms with Crippen LogP contribution in [0.4, 0.5) is 0 Å². The molecule has 0 bridgehead atoms. The molecule has 0 aromatic heterocycles. The highest BCUT2D eigenvalue weighted by atomic mass is 79.9. The van der Waals surface area contributed by atoms with Crippen molar-refractivity contribution in [3.63, 3.8) is 0 Å². The molecule has 3 rings (SSSR count). The largest absolute Gasteiger partial charge is 0.503 e. The number of fused-ring (bicyclic) bond motifs is 1. The number of nitrogens with zero attached hydrogens (tertiary/aromatic N) is 1. The zero-order valence-corrected chi connectivity index (χ0v) is 17.5. The van der Waals surface area contributed by atoms with Gasteiger partial charge >= 0.3 is 0 Å². The number of nitrogens with one attached hydrogen (secondary N) is 1. The van der Waals surface area contributed by atoms with Crippen molar-refractivity contribution in [2.24, 2.45) is 5.10 Å². The fourth-order valence-corrected chi connectivity index (χ4v) is 3.63. The molecule has 27 heavy (non-hydrogen) atoms. The number of rotatable bonds is 5. The Morgan fingerprint density at radius 3 is 2.63 bits per heavy atom. The molecule has 0 saturated carbocycles. The van der Waals surface area contributed by atoms with Crippen LogP contribution in [0, 0.1) is 0 Å². The lowest BCUT2D eigenvalue weighted by Crippen LogP contribution is -2.19. The molecule has 1 amide bonds. The van der Waals surface area contributed by atoms with Crippen LogP contribution in [-0.4, -0.2) is 24.3 Å². The van der Waals surface area contributed by atoms with Crippen LogP contribution in [0.5, 0.6) is 11.5 Å². The zero-order chi connectivity index (χ0) is 19.4. The first kappa shape index (κ1) is 19.4. The van der Waals surface area contributed by atoms with E-state index < -0.39 is 0 Å². The summed E-state index contributed by atoms with van der Waals surface area (Å²) < 4.78 is 6.57. The van der Waals surface area contributed by atoms with Crippen LogP contribution in [0.2, 0.25) is 0 Å². The maximum atomic E-state index is 12.3. The summed E-state index contributed by atoms with van der Waals surface area (Å²) >= 11 is 6.78. The van der Waals surface area contributed by atoms with Crippen LogP contribution < -0.4 is 10.2 Å². The van der Waals surface area contributed by atoms with Crippen molar-refractivity contribution < 1.29 is 14.6 Å². The van der Waals surface area contributed by atoms with E-state index in [1.165, 1.54) is 13.3 Å². The summed E-state index contributed by atoms with van der Waals surface area (Å²) in [4.78, 5) is 12.3. The van der Waals surface area contributed by atoms with E-state index in [1.807, 2.05) is 36.4 Å². The third-order valence-corrected chi connectivity index (χ3v) is 5.28. The van der Waals surface area contributed by atoms with Gasteiger partial charge < -0.3 is 9.84 Å². The van der Waals surface area contributed by atoms with Gasteiger partial charge in [-0.25, -0.2) is 5.43 Å². The molecule has 0 aliphatic carbocycles. The van der Waals surface area contributed by atoms with Crippen molar-refractivity contribution in [2.75, 3.05) is 7.11 Å². The number of phenolic OH excluding ortho intramolecular Hbond substituents is 1. The average molecular weight is 492 g/mol. The number of amides is 1. The van der Waals surface area contributed by atoms with Gasteiger partial charge in [0.05, 0.1) is 24.2 Å². The number of carbonyl (C=O) groups is 1. The Hall–Kier alpha value is -2.38. The summed E-state index contributed by atoms with van der Waals surface area (Å²) in [6.07, 6.45) is 1.71. The smallest absolute Gasteiger partial charge is 0.244 e. The maximum Gasteiger partial charge on any atom is 0.244 e. The van der Waals surface area contributed by atoms with Gasteiger partial charge in [-0.2, -0.15) is 5.10 Å². The number of hydrogen-bond acceptors (Lipinski definition) is 4. The summed E-state index contributed by atoms with van der Waals surface area (Å²) in [5, 5.41) is 15.9. The first-order chi connectivity index (χ1) is 13.0. The predicted octanol–water partition coefficient (Wildman–Crippen LogP) is 4.77. The summed E-state index contributed by atoms with van der Waals surface area (Å²) in [5.41, 5.74) is 4.13. The Balaban J connectivity index is 1.71. The average Bonchev–Trinajstić information content (AvgIpc) is 2.67. The SMILES string of the molecule is COc1cc(/C=N/NC(=O)Cc2ccc(Br)c3ccccc23)cc(Br)c1O. The van der Waals surface area contributed by atoms with Crippen molar-refractivity contribution in [3.8, 4) is 11.5 Å². The van der Waals surface area contributed by atoms with E-state index in [9.17, 15) is 9.90 Å². The van der Waals surface area contributed by atoms with E-state index >= 15 is 0 Å². The topological polar surface area (TPSA) is 70.9 Å². The lowest BCUT2D eigenvalue weighted by Gasteiger charge is -2.08. The van der Waals surface area contributed by atoms with E-state index in [0.29, 0.717) is 15.8 Å². The minimum atomic E-state index is -0.219. The highest BCUT2D eigenvalue weighted by Gasteiger charge is 2.09. The molecule has 0 radical (unpaired) electrons. The molecular formula is C20H16Br2N2O3. The molecule has 0 fully saturated rings. The number of hydrazone groups is 1. The van der Waals surface area contributed by atoms with Crippen molar-refractivity contribution in [3.05, 3.63) is 68.6 Å². The molecular weight excluding hydrogens is 476 g/mol. The normalized spacial score (nSPS) is 11.1. The van der Waals surface area contributed by atoms with Gasteiger partial charge in [0.15, 0.2) is 11.5 Å². The van der Waals surface area contributed by atoms with Gasteiger partial charge in [0, 0.05) is 4.47 Å². The van der Waals surface area contributed by atoms with Gasteiger partial charge in [-0.3, -0.25) is 4.79 Å².